The van der Waals surface area contributed by atoms with E-state index in [0.717, 1.165) is 12.3 Å². The van der Waals surface area contributed by atoms with Crippen LogP contribution in [0.5, 0.6) is 0 Å². The fourth-order valence-corrected chi connectivity index (χ4v) is 1.14. The molecule has 0 unspecified atom stereocenters. The summed E-state index contributed by atoms with van der Waals surface area (Å²) in [4.78, 5) is 0. The van der Waals surface area contributed by atoms with Gasteiger partial charge in [0.2, 0.25) is 0 Å². The lowest BCUT2D eigenvalue weighted by Gasteiger charge is -2.09. The van der Waals surface area contributed by atoms with Crippen LogP contribution >= 0.6 is 11.8 Å². The van der Waals surface area contributed by atoms with Gasteiger partial charge in [-0.2, -0.15) is 0 Å². The second-order valence-corrected chi connectivity index (χ2v) is 3.48. The van der Waals surface area contributed by atoms with Crippen LogP contribution in [0.25, 0.3) is 0 Å². The monoisotopic (exact) mass is 133 g/mol. The van der Waals surface area contributed by atoms with Crippen LogP contribution in [-0.4, -0.2) is 11.6 Å². The smallest absolute Gasteiger partial charge is 0.0506 e. The average molecular weight is 133 g/mol. The molecule has 0 bridgehead atoms. The normalized spacial score (nSPS) is 14.6. The molecular formula is C6H15NS. The van der Waals surface area contributed by atoms with Crippen molar-refractivity contribution in [2.75, 3.05) is 6.26 Å². The quantitative estimate of drug-likeness (QED) is 0.593. The average Bonchev–Trinajstić information content (AvgIpc) is 1.65. The molecule has 0 spiro atoms. The van der Waals surface area contributed by atoms with E-state index >= 15 is 0 Å². The van der Waals surface area contributed by atoms with E-state index in [9.17, 15) is 0 Å². The van der Waals surface area contributed by atoms with Gasteiger partial charge < -0.3 is 5.73 Å². The standard InChI is InChI=1S/C6H15NS/c1-5(2)4-6(7)8-3/h5-6H,4,7H2,1-3H3/t6-/m0/s1. The predicted molar refractivity (Wildman–Crippen MR) is 40.9 cm³/mol. The van der Waals surface area contributed by atoms with E-state index in [1.165, 1.54) is 0 Å². The van der Waals surface area contributed by atoms with Gasteiger partial charge >= 0.3 is 0 Å². The summed E-state index contributed by atoms with van der Waals surface area (Å²) in [6.07, 6.45) is 3.17. The van der Waals surface area contributed by atoms with Crippen LogP contribution in [0.15, 0.2) is 0 Å². The summed E-state index contributed by atoms with van der Waals surface area (Å²) in [7, 11) is 0. The highest BCUT2D eigenvalue weighted by Gasteiger charge is 2.00. The highest BCUT2D eigenvalue weighted by molar-refractivity contribution is 7.99. The van der Waals surface area contributed by atoms with E-state index in [1.807, 2.05) is 6.26 Å². The number of hydrogen-bond acceptors (Lipinski definition) is 2. The molecule has 2 heteroatoms. The maximum absolute atomic E-state index is 5.64. The van der Waals surface area contributed by atoms with Crippen LogP contribution in [0.4, 0.5) is 0 Å². The molecular weight excluding hydrogens is 118 g/mol. The molecule has 0 saturated carbocycles. The molecule has 0 aromatic carbocycles. The second kappa shape index (κ2) is 4.21. The van der Waals surface area contributed by atoms with E-state index < -0.39 is 0 Å². The number of hydrogen-bond donors (Lipinski definition) is 1. The van der Waals surface area contributed by atoms with Crippen molar-refractivity contribution in [3.63, 3.8) is 0 Å². The Morgan fingerprint density at radius 3 is 2.12 bits per heavy atom. The predicted octanol–water partition coefficient (Wildman–Crippen LogP) is 1.68. The van der Waals surface area contributed by atoms with Gasteiger partial charge in [0.15, 0.2) is 0 Å². The maximum Gasteiger partial charge on any atom is 0.0506 e. The molecule has 0 fully saturated rings. The van der Waals surface area contributed by atoms with Gasteiger partial charge in [0.05, 0.1) is 5.37 Å². The Bertz CT molecular complexity index is 54.5. The van der Waals surface area contributed by atoms with E-state index in [-0.39, 0.29) is 0 Å². The molecule has 0 aliphatic carbocycles. The minimum absolute atomic E-state index is 0.343. The van der Waals surface area contributed by atoms with Crippen molar-refractivity contribution >= 4 is 11.8 Å². The van der Waals surface area contributed by atoms with Gasteiger partial charge in [-0.15, -0.1) is 11.8 Å². The van der Waals surface area contributed by atoms with Crippen molar-refractivity contribution in [1.29, 1.82) is 0 Å². The van der Waals surface area contributed by atoms with Gasteiger partial charge in [-0.25, -0.2) is 0 Å². The van der Waals surface area contributed by atoms with E-state index in [4.69, 9.17) is 5.73 Å². The first-order chi connectivity index (χ1) is 3.66. The third-order valence-electron chi connectivity index (χ3n) is 1.01. The fraction of sp³-hybridized carbons (Fsp3) is 1.00. The SMILES string of the molecule is CS[C@H](N)CC(C)C. The summed E-state index contributed by atoms with van der Waals surface area (Å²) < 4.78 is 0. The van der Waals surface area contributed by atoms with Crippen LogP contribution in [-0.2, 0) is 0 Å². The highest BCUT2D eigenvalue weighted by Crippen LogP contribution is 2.10. The van der Waals surface area contributed by atoms with E-state index in [0.29, 0.717) is 5.37 Å². The number of rotatable bonds is 3. The Hall–Kier alpha value is 0.310. The Balaban J connectivity index is 3.10. The summed E-state index contributed by atoms with van der Waals surface area (Å²) in [5, 5.41) is 0.343. The molecule has 50 valence electrons. The molecule has 0 saturated heterocycles. The Morgan fingerprint density at radius 2 is 2.00 bits per heavy atom. The van der Waals surface area contributed by atoms with Crippen LogP contribution in [0.1, 0.15) is 20.3 Å². The highest BCUT2D eigenvalue weighted by atomic mass is 32.2. The summed E-state index contributed by atoms with van der Waals surface area (Å²) in [6.45, 7) is 4.38. The zero-order valence-corrected chi connectivity index (χ0v) is 6.66. The molecule has 0 aromatic heterocycles. The minimum Gasteiger partial charge on any atom is -0.319 e. The summed E-state index contributed by atoms with van der Waals surface area (Å²) in [6, 6.07) is 0. The summed E-state index contributed by atoms with van der Waals surface area (Å²) in [5.41, 5.74) is 5.64. The van der Waals surface area contributed by atoms with Crippen LogP contribution < -0.4 is 5.73 Å². The molecule has 0 aromatic rings. The van der Waals surface area contributed by atoms with Gasteiger partial charge in [-0.05, 0) is 18.6 Å². The third-order valence-corrected chi connectivity index (χ3v) is 1.80. The first-order valence-corrected chi connectivity index (χ1v) is 4.24. The van der Waals surface area contributed by atoms with Crippen LogP contribution in [0.2, 0.25) is 0 Å². The maximum atomic E-state index is 5.64. The van der Waals surface area contributed by atoms with Crippen LogP contribution in [0.3, 0.4) is 0 Å². The van der Waals surface area contributed by atoms with Gasteiger partial charge in [0, 0.05) is 0 Å². The molecule has 0 rings (SSSR count). The largest absolute Gasteiger partial charge is 0.319 e. The summed E-state index contributed by atoms with van der Waals surface area (Å²) in [5.74, 6) is 0.734. The molecule has 0 radical (unpaired) electrons. The molecule has 1 nitrogen and oxygen atoms in total. The summed E-state index contributed by atoms with van der Waals surface area (Å²) >= 11 is 1.73. The Morgan fingerprint density at radius 1 is 1.50 bits per heavy atom. The van der Waals surface area contributed by atoms with E-state index in [2.05, 4.69) is 13.8 Å². The number of thioether (sulfide) groups is 1. The first kappa shape index (κ1) is 8.31. The molecule has 0 heterocycles. The van der Waals surface area contributed by atoms with Crippen molar-refractivity contribution in [2.45, 2.75) is 25.6 Å². The Kier molecular flexibility index (Phi) is 4.38. The van der Waals surface area contributed by atoms with Gasteiger partial charge in [-0.3, -0.25) is 0 Å². The topological polar surface area (TPSA) is 26.0 Å². The fourth-order valence-electron chi connectivity index (χ4n) is 0.561. The molecule has 0 aliphatic heterocycles. The van der Waals surface area contributed by atoms with E-state index in [1.54, 1.807) is 11.8 Å². The molecule has 0 amide bonds. The lowest BCUT2D eigenvalue weighted by Crippen LogP contribution is -2.16. The van der Waals surface area contributed by atoms with Crippen molar-refractivity contribution < 1.29 is 0 Å². The van der Waals surface area contributed by atoms with Gasteiger partial charge in [0.25, 0.3) is 0 Å². The van der Waals surface area contributed by atoms with Gasteiger partial charge in [0.1, 0.15) is 0 Å². The molecule has 2 N–H and O–H groups in total. The first-order valence-electron chi connectivity index (χ1n) is 2.95. The zero-order chi connectivity index (χ0) is 6.57. The third kappa shape index (κ3) is 4.47. The van der Waals surface area contributed by atoms with Crippen molar-refractivity contribution in [3.05, 3.63) is 0 Å². The molecule has 8 heavy (non-hydrogen) atoms. The zero-order valence-electron chi connectivity index (χ0n) is 5.85. The van der Waals surface area contributed by atoms with Gasteiger partial charge in [-0.1, -0.05) is 13.8 Å². The molecule has 0 aliphatic rings. The molecule has 1 atom stereocenters. The van der Waals surface area contributed by atoms with Crippen molar-refractivity contribution in [3.8, 4) is 0 Å². The lowest BCUT2D eigenvalue weighted by molar-refractivity contribution is 0.576. The minimum atomic E-state index is 0.343. The van der Waals surface area contributed by atoms with Crippen molar-refractivity contribution in [1.82, 2.24) is 0 Å². The van der Waals surface area contributed by atoms with Crippen molar-refractivity contribution in [2.24, 2.45) is 11.7 Å². The number of nitrogens with two attached hydrogens (primary N) is 1. The lowest BCUT2D eigenvalue weighted by atomic mass is 10.1. The van der Waals surface area contributed by atoms with Crippen LogP contribution in [0, 0.1) is 5.92 Å². The second-order valence-electron chi connectivity index (χ2n) is 2.40. The Labute approximate surface area is 56.0 Å².